The molecule has 1 saturated carbocycles. The number of thioether (sulfide) groups is 1. The number of carbonyl (C=O) groups is 2. The lowest BCUT2D eigenvalue weighted by atomic mass is 9.93. The van der Waals surface area contributed by atoms with Gasteiger partial charge in [0.2, 0.25) is 5.91 Å². The van der Waals surface area contributed by atoms with E-state index in [1.807, 2.05) is 34.6 Å². The van der Waals surface area contributed by atoms with Crippen LogP contribution in [0, 0.1) is 5.92 Å². The number of aliphatic imine (C=N–C) groups is 1. The third kappa shape index (κ3) is 3.96. The van der Waals surface area contributed by atoms with E-state index in [1.54, 1.807) is 14.0 Å². The largest absolute Gasteiger partial charge is 0.496 e. The fourth-order valence-electron chi connectivity index (χ4n) is 3.73. The van der Waals surface area contributed by atoms with E-state index in [0.717, 1.165) is 23.0 Å². The Hall–Kier alpha value is -2.74. The van der Waals surface area contributed by atoms with Crippen LogP contribution in [0.1, 0.15) is 37.8 Å². The van der Waals surface area contributed by atoms with Crippen LogP contribution in [0.3, 0.4) is 0 Å². The Labute approximate surface area is 180 Å². The molecule has 1 N–H and O–H groups in total. The monoisotopic (exact) mass is 427 g/mol. The molecule has 1 aromatic carbocycles. The van der Waals surface area contributed by atoms with Crippen molar-refractivity contribution in [2.24, 2.45) is 10.9 Å². The third-order valence-corrected chi connectivity index (χ3v) is 6.35. The van der Waals surface area contributed by atoms with Gasteiger partial charge in [0.25, 0.3) is 0 Å². The Morgan fingerprint density at radius 2 is 2.03 bits per heavy atom. The smallest absolute Gasteiger partial charge is 0.338 e. The van der Waals surface area contributed by atoms with Crippen LogP contribution in [0.15, 0.2) is 51.6 Å². The standard InChI is InChI=1S/C22H25N3O4S/c1-13-19(21(27)29-3)20(16-6-4-5-7-17(16)28-2)25-15(12-30-22(25)24-13)10-18(26)23-11-14-8-9-14/h4-7,12,14,20H,8-11H2,1-3H3,(H,23,26). The summed E-state index contributed by atoms with van der Waals surface area (Å²) in [6.07, 6.45) is 2.59. The summed E-state index contributed by atoms with van der Waals surface area (Å²) in [6.45, 7) is 2.53. The van der Waals surface area contributed by atoms with Crippen molar-refractivity contribution >= 4 is 28.8 Å². The van der Waals surface area contributed by atoms with Crippen LogP contribution in [0.4, 0.5) is 0 Å². The van der Waals surface area contributed by atoms with Crippen LogP contribution in [0.2, 0.25) is 0 Å². The molecule has 1 aliphatic carbocycles. The van der Waals surface area contributed by atoms with Crippen LogP contribution in [-0.2, 0) is 14.3 Å². The molecule has 30 heavy (non-hydrogen) atoms. The lowest BCUT2D eigenvalue weighted by molar-refractivity contribution is -0.136. The van der Waals surface area contributed by atoms with Gasteiger partial charge in [0.05, 0.1) is 38.0 Å². The van der Waals surface area contributed by atoms with Crippen LogP contribution >= 0.6 is 11.8 Å². The van der Waals surface area contributed by atoms with Crippen LogP contribution in [0.25, 0.3) is 0 Å². The maximum atomic E-state index is 12.7. The first-order valence-corrected chi connectivity index (χ1v) is 10.8. The molecule has 0 aromatic heterocycles. The van der Waals surface area contributed by atoms with E-state index in [2.05, 4.69) is 10.3 Å². The molecule has 2 aliphatic heterocycles. The molecule has 1 fully saturated rings. The van der Waals surface area contributed by atoms with E-state index in [9.17, 15) is 9.59 Å². The second-order valence-electron chi connectivity index (χ2n) is 7.55. The van der Waals surface area contributed by atoms with Gasteiger partial charge in [-0.3, -0.25) is 4.79 Å². The number of carbonyl (C=O) groups excluding carboxylic acids is 2. The predicted molar refractivity (Wildman–Crippen MR) is 116 cm³/mol. The van der Waals surface area contributed by atoms with Crippen LogP contribution < -0.4 is 10.1 Å². The van der Waals surface area contributed by atoms with Gasteiger partial charge in [0, 0.05) is 17.8 Å². The Balaban J connectivity index is 1.70. The van der Waals surface area contributed by atoms with E-state index in [1.165, 1.54) is 31.7 Å². The van der Waals surface area contributed by atoms with Crippen molar-refractivity contribution in [3.05, 3.63) is 52.2 Å². The summed E-state index contributed by atoms with van der Waals surface area (Å²) in [7, 11) is 2.97. The SMILES string of the molecule is COC(=O)C1=C(C)N=C2SC=C(CC(=O)NCC3CC3)N2C1c1ccccc1OC. The molecule has 2 heterocycles. The lowest BCUT2D eigenvalue weighted by Crippen LogP contribution is -2.38. The highest BCUT2D eigenvalue weighted by molar-refractivity contribution is 8.16. The first-order chi connectivity index (χ1) is 14.5. The molecule has 0 saturated heterocycles. The van der Waals surface area contributed by atoms with Crippen molar-refractivity contribution in [2.45, 2.75) is 32.2 Å². The van der Waals surface area contributed by atoms with Gasteiger partial charge in [-0.25, -0.2) is 9.79 Å². The average molecular weight is 428 g/mol. The molecule has 0 spiro atoms. The third-order valence-electron chi connectivity index (χ3n) is 5.47. The fraction of sp³-hybridized carbons (Fsp3) is 0.409. The molecule has 3 aliphatic rings. The van der Waals surface area contributed by atoms with Crippen molar-refractivity contribution in [3.63, 3.8) is 0 Å². The zero-order valence-electron chi connectivity index (χ0n) is 17.3. The number of amidine groups is 1. The molecule has 1 aromatic rings. The summed E-state index contributed by atoms with van der Waals surface area (Å²) in [5.74, 6) is 0.804. The molecular weight excluding hydrogens is 402 g/mol. The lowest BCUT2D eigenvalue weighted by Gasteiger charge is -2.36. The van der Waals surface area contributed by atoms with E-state index >= 15 is 0 Å². The Morgan fingerprint density at radius 3 is 2.73 bits per heavy atom. The summed E-state index contributed by atoms with van der Waals surface area (Å²) >= 11 is 1.46. The summed E-state index contributed by atoms with van der Waals surface area (Å²) in [5, 5.41) is 5.69. The van der Waals surface area contributed by atoms with Crippen molar-refractivity contribution in [1.82, 2.24) is 10.2 Å². The van der Waals surface area contributed by atoms with Crippen molar-refractivity contribution < 1.29 is 19.1 Å². The molecule has 1 unspecified atom stereocenters. The van der Waals surface area contributed by atoms with Crippen LogP contribution in [0.5, 0.6) is 5.75 Å². The van der Waals surface area contributed by atoms with Crippen molar-refractivity contribution in [2.75, 3.05) is 20.8 Å². The van der Waals surface area contributed by atoms with Crippen molar-refractivity contribution in [1.29, 1.82) is 0 Å². The first-order valence-electron chi connectivity index (χ1n) is 9.95. The number of hydrogen-bond donors (Lipinski definition) is 1. The Morgan fingerprint density at radius 1 is 1.27 bits per heavy atom. The van der Waals surface area contributed by atoms with Crippen LogP contribution in [-0.4, -0.2) is 42.7 Å². The summed E-state index contributed by atoms with van der Waals surface area (Å²) in [4.78, 5) is 31.9. The second kappa shape index (κ2) is 8.55. The van der Waals surface area contributed by atoms with Gasteiger partial charge in [-0.1, -0.05) is 30.0 Å². The number of methoxy groups -OCH3 is 2. The van der Waals surface area contributed by atoms with Gasteiger partial charge < -0.3 is 19.7 Å². The molecule has 1 atom stereocenters. The van der Waals surface area contributed by atoms with Gasteiger partial charge >= 0.3 is 5.97 Å². The summed E-state index contributed by atoms with van der Waals surface area (Å²) in [5.41, 5.74) is 2.66. The van der Waals surface area contributed by atoms with E-state index < -0.39 is 12.0 Å². The normalized spacial score (nSPS) is 20.4. The minimum absolute atomic E-state index is 0.0281. The highest BCUT2D eigenvalue weighted by Crippen LogP contribution is 2.46. The topological polar surface area (TPSA) is 80.2 Å². The van der Waals surface area contributed by atoms with E-state index in [4.69, 9.17) is 9.47 Å². The minimum Gasteiger partial charge on any atom is -0.496 e. The molecular formula is C22H25N3O4S. The van der Waals surface area contributed by atoms with Gasteiger partial charge in [0.15, 0.2) is 5.17 Å². The van der Waals surface area contributed by atoms with E-state index in [0.29, 0.717) is 22.9 Å². The molecule has 158 valence electrons. The molecule has 7 nitrogen and oxygen atoms in total. The number of hydrogen-bond acceptors (Lipinski definition) is 7. The maximum Gasteiger partial charge on any atom is 0.338 e. The summed E-state index contributed by atoms with van der Waals surface area (Å²) in [6, 6.07) is 7.09. The summed E-state index contributed by atoms with van der Waals surface area (Å²) < 4.78 is 10.7. The number of ether oxygens (including phenoxy) is 2. The maximum absolute atomic E-state index is 12.7. The number of para-hydroxylation sites is 1. The second-order valence-corrected chi connectivity index (χ2v) is 8.39. The average Bonchev–Trinajstić information content (AvgIpc) is 3.51. The van der Waals surface area contributed by atoms with E-state index in [-0.39, 0.29) is 12.3 Å². The Bertz CT molecular complexity index is 965. The number of rotatable bonds is 7. The molecule has 1 amide bonds. The highest BCUT2D eigenvalue weighted by atomic mass is 32.2. The highest BCUT2D eigenvalue weighted by Gasteiger charge is 2.42. The molecule has 8 heteroatoms. The number of benzene rings is 1. The van der Waals surface area contributed by atoms with Crippen molar-refractivity contribution in [3.8, 4) is 5.75 Å². The number of amides is 1. The zero-order valence-corrected chi connectivity index (χ0v) is 18.1. The fourth-order valence-corrected chi connectivity index (χ4v) is 4.70. The van der Waals surface area contributed by atoms with Gasteiger partial charge in [0.1, 0.15) is 5.75 Å². The number of fused-ring (bicyclic) bond motifs is 1. The zero-order chi connectivity index (χ0) is 21.3. The first kappa shape index (κ1) is 20.5. The molecule has 4 rings (SSSR count). The quantitative estimate of drug-likeness (QED) is 0.672. The Kier molecular flexibility index (Phi) is 5.85. The van der Waals surface area contributed by atoms with Gasteiger partial charge in [-0.2, -0.15) is 0 Å². The number of allylic oxidation sites excluding steroid dienone is 1. The minimum atomic E-state index is -0.487. The number of nitrogens with zero attached hydrogens (tertiary/aromatic N) is 2. The predicted octanol–water partition coefficient (Wildman–Crippen LogP) is 3.36. The molecule has 0 bridgehead atoms. The number of esters is 1. The van der Waals surface area contributed by atoms with Gasteiger partial charge in [-0.05, 0) is 37.2 Å². The number of nitrogens with one attached hydrogen (secondary N) is 1. The van der Waals surface area contributed by atoms with Gasteiger partial charge in [-0.15, -0.1) is 0 Å². The molecule has 0 radical (unpaired) electrons.